The van der Waals surface area contributed by atoms with Crippen LogP contribution in [0.5, 0.6) is 0 Å². The van der Waals surface area contributed by atoms with Gasteiger partial charge in [-0.3, -0.25) is 14.9 Å². The topological polar surface area (TPSA) is 97.7 Å². The summed E-state index contributed by atoms with van der Waals surface area (Å²) in [4.78, 5) is 22.4. The number of hydrazone groups is 1. The second-order valence-electron chi connectivity index (χ2n) is 5.33. The van der Waals surface area contributed by atoms with Gasteiger partial charge in [-0.15, -0.1) is 0 Å². The van der Waals surface area contributed by atoms with Gasteiger partial charge in [-0.2, -0.15) is 5.10 Å². The first-order chi connectivity index (χ1) is 12.9. The van der Waals surface area contributed by atoms with Crippen LogP contribution >= 0.6 is 27.5 Å². The van der Waals surface area contributed by atoms with E-state index in [-0.39, 0.29) is 16.6 Å². The Bertz CT molecular complexity index is 1030. The predicted octanol–water partition coefficient (Wildman–Crippen LogP) is 5.03. The lowest BCUT2D eigenvalue weighted by atomic mass is 10.1. The number of halogens is 2. The molecule has 7 nitrogen and oxygen atoms in total. The van der Waals surface area contributed by atoms with Crippen molar-refractivity contribution in [2.45, 2.75) is 0 Å². The number of furan rings is 1. The van der Waals surface area contributed by atoms with E-state index in [1.807, 2.05) is 0 Å². The molecule has 0 aliphatic rings. The molecule has 0 aliphatic heterocycles. The first-order valence-electron chi connectivity index (χ1n) is 7.57. The third kappa shape index (κ3) is 4.60. The fourth-order valence-electron chi connectivity index (χ4n) is 2.20. The van der Waals surface area contributed by atoms with Gasteiger partial charge in [-0.05, 0) is 48.5 Å². The second-order valence-corrected chi connectivity index (χ2v) is 6.65. The number of hydrogen-bond acceptors (Lipinski definition) is 5. The minimum Gasteiger partial charge on any atom is -0.455 e. The van der Waals surface area contributed by atoms with Crippen LogP contribution in [-0.2, 0) is 0 Å². The number of amides is 1. The SMILES string of the molecule is O=C(N/N=C\c1ccc(-c2ccc(Cl)c([N+](=O)[O-])c2)o1)c1ccc(Br)cc1. The van der Waals surface area contributed by atoms with Crippen LogP contribution < -0.4 is 5.43 Å². The number of nitro groups is 1. The Labute approximate surface area is 166 Å². The minimum atomic E-state index is -0.561. The number of benzene rings is 2. The highest BCUT2D eigenvalue weighted by Crippen LogP contribution is 2.31. The van der Waals surface area contributed by atoms with Crippen molar-refractivity contribution in [3.63, 3.8) is 0 Å². The number of carbonyl (C=O) groups excluding carboxylic acids is 1. The van der Waals surface area contributed by atoms with Gasteiger partial charge in [0.25, 0.3) is 11.6 Å². The fourth-order valence-corrected chi connectivity index (χ4v) is 2.65. The van der Waals surface area contributed by atoms with E-state index < -0.39 is 4.92 Å². The van der Waals surface area contributed by atoms with Crippen LogP contribution in [0.1, 0.15) is 16.1 Å². The Morgan fingerprint density at radius 2 is 1.93 bits per heavy atom. The maximum Gasteiger partial charge on any atom is 0.288 e. The monoisotopic (exact) mass is 447 g/mol. The molecule has 3 rings (SSSR count). The molecule has 3 aromatic rings. The Morgan fingerprint density at radius 3 is 2.63 bits per heavy atom. The van der Waals surface area contributed by atoms with Crippen molar-refractivity contribution >= 4 is 45.3 Å². The van der Waals surface area contributed by atoms with E-state index in [0.717, 1.165) is 4.47 Å². The molecule has 1 amide bonds. The number of nitro benzene ring substituents is 1. The zero-order valence-corrected chi connectivity index (χ0v) is 15.9. The summed E-state index contributed by atoms with van der Waals surface area (Å²) in [7, 11) is 0. The van der Waals surface area contributed by atoms with Crippen LogP contribution in [0, 0.1) is 10.1 Å². The molecule has 1 heterocycles. The molecule has 27 heavy (non-hydrogen) atoms. The van der Waals surface area contributed by atoms with Crippen molar-refractivity contribution in [3.8, 4) is 11.3 Å². The molecule has 0 fully saturated rings. The van der Waals surface area contributed by atoms with Crippen LogP contribution in [0.3, 0.4) is 0 Å². The lowest BCUT2D eigenvalue weighted by Gasteiger charge is -2.00. The Kier molecular flexibility index (Phi) is 5.68. The van der Waals surface area contributed by atoms with E-state index in [4.69, 9.17) is 16.0 Å². The van der Waals surface area contributed by atoms with Crippen molar-refractivity contribution in [1.82, 2.24) is 5.43 Å². The van der Waals surface area contributed by atoms with Crippen LogP contribution in [-0.4, -0.2) is 17.0 Å². The summed E-state index contributed by atoms with van der Waals surface area (Å²) in [5, 5.41) is 14.9. The van der Waals surface area contributed by atoms with Gasteiger partial charge in [-0.25, -0.2) is 5.43 Å². The molecule has 1 aromatic heterocycles. The van der Waals surface area contributed by atoms with E-state index in [0.29, 0.717) is 22.6 Å². The molecule has 0 spiro atoms. The highest BCUT2D eigenvalue weighted by atomic mass is 79.9. The summed E-state index contributed by atoms with van der Waals surface area (Å²) in [6, 6.07) is 14.5. The second kappa shape index (κ2) is 8.15. The lowest BCUT2D eigenvalue weighted by molar-refractivity contribution is -0.384. The maximum absolute atomic E-state index is 12.0. The van der Waals surface area contributed by atoms with E-state index in [1.54, 1.807) is 42.5 Å². The van der Waals surface area contributed by atoms with E-state index in [2.05, 4.69) is 26.5 Å². The fraction of sp³-hybridized carbons (Fsp3) is 0. The van der Waals surface area contributed by atoms with Crippen LogP contribution in [0.25, 0.3) is 11.3 Å². The average molecular weight is 449 g/mol. The molecule has 136 valence electrons. The van der Waals surface area contributed by atoms with Crippen molar-refractivity contribution in [1.29, 1.82) is 0 Å². The van der Waals surface area contributed by atoms with Gasteiger partial charge < -0.3 is 4.42 Å². The van der Waals surface area contributed by atoms with Crippen LogP contribution in [0.2, 0.25) is 5.02 Å². The summed E-state index contributed by atoms with van der Waals surface area (Å²) < 4.78 is 6.44. The molecular formula is C18H11BrClN3O4. The zero-order valence-electron chi connectivity index (χ0n) is 13.6. The Hall–Kier alpha value is -2.97. The molecule has 0 aliphatic carbocycles. The van der Waals surface area contributed by atoms with Crippen molar-refractivity contribution in [2.24, 2.45) is 5.10 Å². The normalized spacial score (nSPS) is 10.9. The number of rotatable bonds is 5. The molecule has 0 saturated heterocycles. The van der Waals surface area contributed by atoms with Crippen molar-refractivity contribution in [3.05, 3.63) is 85.5 Å². The molecule has 0 unspecified atom stereocenters. The first kappa shape index (κ1) is 18.8. The smallest absolute Gasteiger partial charge is 0.288 e. The quantitative estimate of drug-likeness (QED) is 0.336. The number of nitrogens with zero attached hydrogens (tertiary/aromatic N) is 2. The lowest BCUT2D eigenvalue weighted by Crippen LogP contribution is -2.17. The van der Waals surface area contributed by atoms with Crippen molar-refractivity contribution < 1.29 is 14.1 Å². The summed E-state index contributed by atoms with van der Waals surface area (Å²) in [5.74, 6) is 0.424. The molecule has 0 atom stereocenters. The molecular weight excluding hydrogens is 438 g/mol. The number of nitrogens with one attached hydrogen (secondary N) is 1. The first-order valence-corrected chi connectivity index (χ1v) is 8.74. The maximum atomic E-state index is 12.0. The summed E-state index contributed by atoms with van der Waals surface area (Å²) >= 11 is 9.10. The van der Waals surface area contributed by atoms with Gasteiger partial charge >= 0.3 is 0 Å². The van der Waals surface area contributed by atoms with E-state index in [9.17, 15) is 14.9 Å². The molecule has 0 bridgehead atoms. The number of carbonyl (C=O) groups is 1. The van der Waals surface area contributed by atoms with E-state index in [1.165, 1.54) is 18.3 Å². The van der Waals surface area contributed by atoms with Gasteiger partial charge in [0.15, 0.2) is 0 Å². The van der Waals surface area contributed by atoms with Crippen LogP contribution in [0.15, 0.2) is 68.6 Å². The summed E-state index contributed by atoms with van der Waals surface area (Å²) in [6.07, 6.45) is 1.34. The highest BCUT2D eigenvalue weighted by Gasteiger charge is 2.15. The zero-order chi connectivity index (χ0) is 19.4. The van der Waals surface area contributed by atoms with Gasteiger partial charge in [-0.1, -0.05) is 27.5 Å². The van der Waals surface area contributed by atoms with Gasteiger partial charge in [0, 0.05) is 21.7 Å². The molecule has 0 saturated carbocycles. The van der Waals surface area contributed by atoms with Gasteiger partial charge in [0.2, 0.25) is 0 Å². The Morgan fingerprint density at radius 1 is 1.19 bits per heavy atom. The molecule has 1 N–H and O–H groups in total. The third-order valence-corrected chi connectivity index (χ3v) is 4.37. The molecule has 0 radical (unpaired) electrons. The minimum absolute atomic E-state index is 0.0488. The number of hydrogen-bond donors (Lipinski definition) is 1. The van der Waals surface area contributed by atoms with Gasteiger partial charge in [0.05, 0.1) is 11.1 Å². The summed E-state index contributed by atoms with van der Waals surface area (Å²) in [6.45, 7) is 0. The van der Waals surface area contributed by atoms with Gasteiger partial charge in [0.1, 0.15) is 16.5 Å². The predicted molar refractivity (Wildman–Crippen MR) is 105 cm³/mol. The largest absolute Gasteiger partial charge is 0.455 e. The summed E-state index contributed by atoms with van der Waals surface area (Å²) in [5.41, 5.74) is 3.16. The third-order valence-electron chi connectivity index (χ3n) is 3.52. The average Bonchev–Trinajstić information content (AvgIpc) is 3.11. The Balaban J connectivity index is 1.70. The van der Waals surface area contributed by atoms with Crippen molar-refractivity contribution in [2.75, 3.05) is 0 Å². The molecule has 9 heteroatoms. The highest BCUT2D eigenvalue weighted by molar-refractivity contribution is 9.10. The molecule has 2 aromatic carbocycles. The van der Waals surface area contributed by atoms with E-state index >= 15 is 0 Å². The standard InChI is InChI=1S/C18H11BrClN3O4/c19-13-4-1-11(2-5-13)18(24)22-21-10-14-6-8-17(27-14)12-3-7-15(20)16(9-12)23(25)26/h1-10H,(H,22,24)/b21-10-. The van der Waals surface area contributed by atoms with Crippen LogP contribution in [0.4, 0.5) is 5.69 Å².